The molecule has 1 aromatic rings. The molecule has 0 saturated carbocycles. The van der Waals surface area contributed by atoms with Crippen LogP contribution < -0.4 is 0 Å². The molecule has 0 spiro atoms. The van der Waals surface area contributed by atoms with E-state index in [1.807, 2.05) is 0 Å². The maximum absolute atomic E-state index is 10.6. The molecule has 0 amide bonds. The van der Waals surface area contributed by atoms with Crippen LogP contribution in [0.2, 0.25) is 0 Å². The molecule has 0 radical (unpaired) electrons. The van der Waals surface area contributed by atoms with Crippen molar-refractivity contribution < 1.29 is 9.90 Å². The molecular weight excluding hydrogens is 222 g/mol. The molecule has 0 aromatic carbocycles. The van der Waals surface area contributed by atoms with Gasteiger partial charge in [-0.25, -0.2) is 4.98 Å². The molecule has 0 unspecified atom stereocenters. The summed E-state index contributed by atoms with van der Waals surface area (Å²) in [6, 6.07) is 0. The van der Waals surface area contributed by atoms with Gasteiger partial charge >= 0.3 is 5.97 Å². The lowest BCUT2D eigenvalue weighted by atomic mass is 10.2. The van der Waals surface area contributed by atoms with E-state index in [9.17, 15) is 4.79 Å². The highest BCUT2D eigenvalue weighted by Crippen LogP contribution is 2.22. The van der Waals surface area contributed by atoms with Gasteiger partial charge in [0, 0.05) is 4.88 Å². The van der Waals surface area contributed by atoms with E-state index in [0.717, 1.165) is 36.4 Å². The van der Waals surface area contributed by atoms with Crippen molar-refractivity contribution in [2.45, 2.75) is 52.4 Å². The Bertz CT molecular complexity index is 347. The minimum atomic E-state index is -0.729. The number of carbonyl (C=O) groups is 1. The van der Waals surface area contributed by atoms with Crippen LogP contribution in [0, 0.1) is 0 Å². The predicted octanol–water partition coefficient (Wildman–Crippen LogP) is 3.07. The lowest BCUT2D eigenvalue weighted by molar-refractivity contribution is -0.136. The van der Waals surface area contributed by atoms with E-state index >= 15 is 0 Å². The van der Waals surface area contributed by atoms with E-state index in [0.29, 0.717) is 6.42 Å². The molecule has 0 aliphatic heterocycles. The summed E-state index contributed by atoms with van der Waals surface area (Å²) in [6.45, 7) is 4.26. The van der Waals surface area contributed by atoms with Crippen molar-refractivity contribution in [2.24, 2.45) is 0 Å². The number of hydrogen-bond acceptors (Lipinski definition) is 3. The highest BCUT2D eigenvalue weighted by molar-refractivity contribution is 7.11. The van der Waals surface area contributed by atoms with E-state index in [1.54, 1.807) is 11.3 Å². The van der Waals surface area contributed by atoms with Crippen LogP contribution in [0.3, 0.4) is 0 Å². The Morgan fingerprint density at radius 1 is 1.25 bits per heavy atom. The molecule has 0 aliphatic carbocycles. The van der Waals surface area contributed by atoms with Crippen molar-refractivity contribution in [3.8, 4) is 0 Å². The van der Waals surface area contributed by atoms with E-state index in [2.05, 4.69) is 18.8 Å². The molecular formula is C12H19NO2S. The minimum Gasteiger partial charge on any atom is -0.481 e. The Morgan fingerprint density at radius 2 is 1.94 bits per heavy atom. The summed E-state index contributed by atoms with van der Waals surface area (Å²) in [7, 11) is 0. The van der Waals surface area contributed by atoms with Crippen molar-refractivity contribution in [1.29, 1.82) is 0 Å². The molecule has 16 heavy (non-hydrogen) atoms. The number of nitrogens with zero attached hydrogens (tertiary/aromatic N) is 1. The summed E-state index contributed by atoms with van der Waals surface area (Å²) >= 11 is 1.69. The molecule has 90 valence electrons. The predicted molar refractivity (Wildman–Crippen MR) is 66.1 cm³/mol. The third-order valence-corrected chi connectivity index (χ3v) is 3.56. The van der Waals surface area contributed by atoms with Gasteiger partial charge in [-0.1, -0.05) is 20.3 Å². The number of carboxylic acids is 1. The largest absolute Gasteiger partial charge is 0.481 e. The van der Waals surface area contributed by atoms with Gasteiger partial charge in [0.15, 0.2) is 0 Å². The van der Waals surface area contributed by atoms with Crippen LogP contribution in [0.1, 0.15) is 48.7 Å². The van der Waals surface area contributed by atoms with Crippen LogP contribution in [0.15, 0.2) is 0 Å². The van der Waals surface area contributed by atoms with Crippen LogP contribution in [-0.4, -0.2) is 16.1 Å². The van der Waals surface area contributed by atoms with Gasteiger partial charge in [0.05, 0.1) is 17.1 Å². The maximum atomic E-state index is 10.6. The molecule has 0 atom stereocenters. The molecule has 1 heterocycles. The van der Waals surface area contributed by atoms with Gasteiger partial charge in [-0.05, 0) is 25.7 Å². The average molecular weight is 241 g/mol. The lowest BCUT2D eigenvalue weighted by Crippen LogP contribution is -1.98. The summed E-state index contributed by atoms with van der Waals surface area (Å²) in [6.07, 6.45) is 4.98. The van der Waals surface area contributed by atoms with Crippen LogP contribution >= 0.6 is 11.3 Å². The zero-order valence-electron chi connectivity index (χ0n) is 9.95. The third kappa shape index (κ3) is 3.93. The van der Waals surface area contributed by atoms with Crippen LogP contribution in [0.4, 0.5) is 0 Å². The third-order valence-electron chi connectivity index (χ3n) is 2.34. The first-order valence-corrected chi connectivity index (χ1v) is 6.68. The number of hydrogen-bond donors (Lipinski definition) is 1. The number of carboxylic acid groups (broad SMARTS) is 1. The highest BCUT2D eigenvalue weighted by Gasteiger charge is 2.11. The summed E-state index contributed by atoms with van der Waals surface area (Å²) in [4.78, 5) is 16.3. The Morgan fingerprint density at radius 3 is 2.50 bits per heavy atom. The van der Waals surface area contributed by atoms with Gasteiger partial charge in [-0.2, -0.15) is 0 Å². The number of aryl methyl sites for hydroxylation is 3. The topological polar surface area (TPSA) is 50.2 Å². The number of thiazole rings is 1. The van der Waals surface area contributed by atoms with Gasteiger partial charge < -0.3 is 5.11 Å². The van der Waals surface area contributed by atoms with Gasteiger partial charge in [-0.3, -0.25) is 4.79 Å². The van der Waals surface area contributed by atoms with Crippen LogP contribution in [0.25, 0.3) is 0 Å². The van der Waals surface area contributed by atoms with E-state index in [4.69, 9.17) is 5.11 Å². The van der Waals surface area contributed by atoms with Gasteiger partial charge in [-0.15, -0.1) is 11.3 Å². The molecule has 4 heteroatoms. The standard InChI is InChI=1S/C12H19NO2S/c1-3-5-9-10(7-8-12(14)15)16-11(13-9)6-4-2/h3-8H2,1-2H3,(H,14,15). The quantitative estimate of drug-likeness (QED) is 0.798. The smallest absolute Gasteiger partial charge is 0.303 e. The SMILES string of the molecule is CCCc1nc(CCC)c(CCC(=O)O)s1. The van der Waals surface area contributed by atoms with Crippen molar-refractivity contribution in [1.82, 2.24) is 4.98 Å². The Hall–Kier alpha value is -0.900. The Balaban J connectivity index is 2.73. The molecule has 0 fully saturated rings. The first kappa shape index (κ1) is 13.2. The van der Waals surface area contributed by atoms with Crippen molar-refractivity contribution in [2.75, 3.05) is 0 Å². The fraction of sp³-hybridized carbons (Fsp3) is 0.667. The lowest BCUT2D eigenvalue weighted by Gasteiger charge is -1.97. The molecule has 0 bridgehead atoms. The number of aromatic nitrogens is 1. The summed E-state index contributed by atoms with van der Waals surface area (Å²) in [5, 5.41) is 9.85. The van der Waals surface area contributed by atoms with E-state index < -0.39 is 5.97 Å². The molecule has 3 nitrogen and oxygen atoms in total. The zero-order chi connectivity index (χ0) is 12.0. The minimum absolute atomic E-state index is 0.213. The highest BCUT2D eigenvalue weighted by atomic mass is 32.1. The maximum Gasteiger partial charge on any atom is 0.303 e. The Kier molecular flexibility index (Phi) is 5.46. The monoisotopic (exact) mass is 241 g/mol. The molecule has 1 aromatic heterocycles. The summed E-state index contributed by atoms with van der Waals surface area (Å²) in [5.74, 6) is -0.729. The second-order valence-corrected chi connectivity index (χ2v) is 5.04. The Labute approximate surface area is 101 Å². The molecule has 0 saturated heterocycles. The van der Waals surface area contributed by atoms with Gasteiger partial charge in [0.1, 0.15) is 0 Å². The second kappa shape index (κ2) is 6.63. The second-order valence-electron chi connectivity index (χ2n) is 3.87. The number of aliphatic carboxylic acids is 1. The van der Waals surface area contributed by atoms with Crippen LogP contribution in [0.5, 0.6) is 0 Å². The summed E-state index contributed by atoms with van der Waals surface area (Å²) in [5.41, 5.74) is 1.12. The van der Waals surface area contributed by atoms with Gasteiger partial charge in [0.25, 0.3) is 0 Å². The average Bonchev–Trinajstić information content (AvgIpc) is 2.59. The van der Waals surface area contributed by atoms with Crippen molar-refractivity contribution >= 4 is 17.3 Å². The van der Waals surface area contributed by atoms with Crippen molar-refractivity contribution in [3.63, 3.8) is 0 Å². The fourth-order valence-electron chi connectivity index (χ4n) is 1.61. The van der Waals surface area contributed by atoms with Crippen molar-refractivity contribution in [3.05, 3.63) is 15.6 Å². The first-order valence-electron chi connectivity index (χ1n) is 5.86. The number of rotatable bonds is 7. The first-order chi connectivity index (χ1) is 7.67. The van der Waals surface area contributed by atoms with E-state index in [1.165, 1.54) is 4.88 Å². The summed E-state index contributed by atoms with van der Waals surface area (Å²) < 4.78 is 0. The van der Waals surface area contributed by atoms with Gasteiger partial charge in [0.2, 0.25) is 0 Å². The van der Waals surface area contributed by atoms with Crippen LogP contribution in [-0.2, 0) is 24.1 Å². The molecule has 1 N–H and O–H groups in total. The normalized spacial score (nSPS) is 10.6. The zero-order valence-corrected chi connectivity index (χ0v) is 10.8. The van der Waals surface area contributed by atoms with E-state index in [-0.39, 0.29) is 6.42 Å². The fourth-order valence-corrected chi connectivity index (χ4v) is 2.82. The molecule has 0 aliphatic rings. The molecule has 1 rings (SSSR count).